The maximum absolute atomic E-state index is 12.7. The van der Waals surface area contributed by atoms with Crippen LogP contribution in [-0.4, -0.2) is 32.1 Å². The summed E-state index contributed by atoms with van der Waals surface area (Å²) in [7, 11) is 1.78. The maximum Gasteiger partial charge on any atom is 0.343 e. The van der Waals surface area contributed by atoms with Crippen molar-refractivity contribution in [3.8, 4) is 0 Å². The lowest BCUT2D eigenvalue weighted by Gasteiger charge is -2.11. The number of pyridine rings is 1. The first-order chi connectivity index (χ1) is 11.1. The summed E-state index contributed by atoms with van der Waals surface area (Å²) in [4.78, 5) is 24.7. The SMILES string of the molecule is C=CCn1cc(C(=O)OCC)c(=O)c2ccc3c(nnn3C)c21. The van der Waals surface area contributed by atoms with Crippen molar-refractivity contribution in [1.29, 1.82) is 0 Å². The highest BCUT2D eigenvalue weighted by Gasteiger charge is 2.19. The molecule has 0 aliphatic heterocycles. The second-order valence-electron chi connectivity index (χ2n) is 5.08. The first kappa shape index (κ1) is 15.0. The number of fused-ring (bicyclic) bond motifs is 3. The molecule has 23 heavy (non-hydrogen) atoms. The molecule has 2 aromatic heterocycles. The fraction of sp³-hybridized carbons (Fsp3) is 0.250. The molecule has 0 atom stereocenters. The number of hydrogen-bond donors (Lipinski definition) is 0. The van der Waals surface area contributed by atoms with Crippen molar-refractivity contribution in [2.24, 2.45) is 7.05 Å². The molecule has 0 N–H and O–H groups in total. The molecule has 2 heterocycles. The Morgan fingerprint density at radius 2 is 2.22 bits per heavy atom. The number of aryl methyl sites for hydroxylation is 1. The molecule has 0 bridgehead atoms. The maximum atomic E-state index is 12.7. The minimum atomic E-state index is -0.628. The van der Waals surface area contributed by atoms with E-state index < -0.39 is 5.97 Å². The number of carbonyl (C=O) groups is 1. The average Bonchev–Trinajstić information content (AvgIpc) is 2.91. The fourth-order valence-corrected chi connectivity index (χ4v) is 2.62. The zero-order valence-electron chi connectivity index (χ0n) is 12.9. The Labute approximate surface area is 131 Å². The molecule has 0 unspecified atom stereocenters. The normalized spacial score (nSPS) is 11.0. The molecule has 1 aromatic carbocycles. The third-order valence-electron chi connectivity index (χ3n) is 3.64. The van der Waals surface area contributed by atoms with E-state index >= 15 is 0 Å². The monoisotopic (exact) mass is 312 g/mol. The summed E-state index contributed by atoms with van der Waals surface area (Å²) in [6.07, 6.45) is 3.19. The highest BCUT2D eigenvalue weighted by atomic mass is 16.5. The van der Waals surface area contributed by atoms with Gasteiger partial charge in [0.2, 0.25) is 5.43 Å². The van der Waals surface area contributed by atoms with Crippen molar-refractivity contribution in [3.63, 3.8) is 0 Å². The first-order valence-corrected chi connectivity index (χ1v) is 7.22. The van der Waals surface area contributed by atoms with Crippen LogP contribution in [0, 0.1) is 0 Å². The van der Waals surface area contributed by atoms with E-state index in [4.69, 9.17) is 4.74 Å². The largest absolute Gasteiger partial charge is 0.462 e. The van der Waals surface area contributed by atoms with Crippen molar-refractivity contribution in [3.05, 3.63) is 46.8 Å². The Kier molecular flexibility index (Phi) is 3.69. The van der Waals surface area contributed by atoms with Crippen LogP contribution in [0.2, 0.25) is 0 Å². The van der Waals surface area contributed by atoms with Crippen LogP contribution in [0.15, 0.2) is 35.8 Å². The van der Waals surface area contributed by atoms with Gasteiger partial charge in [-0.1, -0.05) is 11.3 Å². The van der Waals surface area contributed by atoms with Crippen LogP contribution in [0.1, 0.15) is 17.3 Å². The third-order valence-corrected chi connectivity index (χ3v) is 3.64. The fourth-order valence-electron chi connectivity index (χ4n) is 2.62. The Hall–Kier alpha value is -2.96. The zero-order valence-corrected chi connectivity index (χ0v) is 12.9. The Bertz CT molecular complexity index is 984. The number of nitrogens with zero attached hydrogens (tertiary/aromatic N) is 4. The molecule has 0 amide bonds. The van der Waals surface area contributed by atoms with Crippen LogP contribution in [0.4, 0.5) is 0 Å². The summed E-state index contributed by atoms with van der Waals surface area (Å²) in [6.45, 7) is 6.06. The highest BCUT2D eigenvalue weighted by Crippen LogP contribution is 2.22. The van der Waals surface area contributed by atoms with Gasteiger partial charge in [0.25, 0.3) is 0 Å². The molecule has 0 spiro atoms. The van der Waals surface area contributed by atoms with E-state index in [-0.39, 0.29) is 17.6 Å². The Balaban J connectivity index is 2.42. The zero-order chi connectivity index (χ0) is 16.6. The lowest BCUT2D eigenvalue weighted by molar-refractivity contribution is 0.0524. The quantitative estimate of drug-likeness (QED) is 0.540. The second-order valence-corrected chi connectivity index (χ2v) is 5.08. The van der Waals surface area contributed by atoms with Crippen LogP contribution >= 0.6 is 0 Å². The molecular weight excluding hydrogens is 296 g/mol. The van der Waals surface area contributed by atoms with Gasteiger partial charge in [0.15, 0.2) is 0 Å². The summed E-state index contributed by atoms with van der Waals surface area (Å²) in [5, 5.41) is 8.55. The molecule has 118 valence electrons. The van der Waals surface area contributed by atoms with Crippen LogP contribution < -0.4 is 5.43 Å². The van der Waals surface area contributed by atoms with Gasteiger partial charge in [0, 0.05) is 25.2 Å². The van der Waals surface area contributed by atoms with Gasteiger partial charge in [0.1, 0.15) is 11.1 Å². The van der Waals surface area contributed by atoms with Gasteiger partial charge < -0.3 is 9.30 Å². The van der Waals surface area contributed by atoms with Gasteiger partial charge in [0.05, 0.1) is 17.6 Å². The molecule has 0 aliphatic rings. The third kappa shape index (κ3) is 2.30. The number of hydrogen-bond acceptors (Lipinski definition) is 5. The molecule has 0 saturated carbocycles. The number of allylic oxidation sites excluding steroid dienone is 1. The number of esters is 1. The molecular formula is C16H16N4O3. The standard InChI is InChI=1S/C16H16N4O3/c1-4-8-20-9-11(16(22)23-5-2)15(21)10-6-7-12-13(14(10)20)17-18-19(12)3/h4,6-7,9H,1,5,8H2,2-3H3. The number of ether oxygens (including phenoxy) is 1. The number of benzene rings is 1. The number of aromatic nitrogens is 4. The van der Waals surface area contributed by atoms with E-state index in [0.29, 0.717) is 23.0 Å². The van der Waals surface area contributed by atoms with Gasteiger partial charge in [-0.15, -0.1) is 11.7 Å². The van der Waals surface area contributed by atoms with Gasteiger partial charge in [-0.2, -0.15) is 0 Å². The van der Waals surface area contributed by atoms with Crippen LogP contribution in [0.3, 0.4) is 0 Å². The number of rotatable bonds is 4. The number of carbonyl (C=O) groups excluding carboxylic acids is 1. The molecule has 0 radical (unpaired) electrons. The summed E-state index contributed by atoms with van der Waals surface area (Å²) in [6, 6.07) is 3.46. The highest BCUT2D eigenvalue weighted by molar-refractivity contribution is 6.04. The first-order valence-electron chi connectivity index (χ1n) is 7.22. The minimum Gasteiger partial charge on any atom is -0.462 e. The molecule has 0 saturated heterocycles. The van der Waals surface area contributed by atoms with Gasteiger partial charge in [-0.05, 0) is 19.1 Å². The van der Waals surface area contributed by atoms with Crippen molar-refractivity contribution < 1.29 is 9.53 Å². The summed E-state index contributed by atoms with van der Waals surface area (Å²) in [5.74, 6) is -0.628. The predicted octanol–water partition coefficient (Wildman–Crippen LogP) is 1.65. The van der Waals surface area contributed by atoms with E-state index in [0.717, 1.165) is 5.52 Å². The molecule has 3 rings (SSSR count). The van der Waals surface area contributed by atoms with E-state index in [1.54, 1.807) is 41.4 Å². The lowest BCUT2D eigenvalue weighted by Crippen LogP contribution is -2.21. The van der Waals surface area contributed by atoms with Crippen molar-refractivity contribution in [2.75, 3.05) is 6.61 Å². The van der Waals surface area contributed by atoms with Gasteiger partial charge in [-0.3, -0.25) is 4.79 Å². The van der Waals surface area contributed by atoms with Crippen LogP contribution in [-0.2, 0) is 18.3 Å². The average molecular weight is 312 g/mol. The van der Waals surface area contributed by atoms with Crippen LogP contribution in [0.5, 0.6) is 0 Å². The smallest absolute Gasteiger partial charge is 0.343 e. The van der Waals surface area contributed by atoms with Gasteiger partial charge in [-0.25, -0.2) is 9.48 Å². The van der Waals surface area contributed by atoms with E-state index in [1.807, 2.05) is 0 Å². The topological polar surface area (TPSA) is 79.0 Å². The Morgan fingerprint density at radius 1 is 1.43 bits per heavy atom. The molecule has 7 heteroatoms. The van der Waals surface area contributed by atoms with E-state index in [9.17, 15) is 9.59 Å². The van der Waals surface area contributed by atoms with Crippen LogP contribution in [0.25, 0.3) is 21.9 Å². The molecule has 3 aromatic rings. The molecule has 0 fully saturated rings. The second kappa shape index (κ2) is 5.68. The predicted molar refractivity (Wildman–Crippen MR) is 86.4 cm³/mol. The van der Waals surface area contributed by atoms with Crippen molar-refractivity contribution in [1.82, 2.24) is 19.6 Å². The van der Waals surface area contributed by atoms with Crippen molar-refractivity contribution >= 4 is 27.9 Å². The lowest BCUT2D eigenvalue weighted by atomic mass is 10.1. The summed E-state index contributed by atoms with van der Waals surface area (Å²) >= 11 is 0. The summed E-state index contributed by atoms with van der Waals surface area (Å²) < 4.78 is 8.38. The van der Waals surface area contributed by atoms with Crippen molar-refractivity contribution in [2.45, 2.75) is 13.5 Å². The molecule has 7 nitrogen and oxygen atoms in total. The molecule has 0 aliphatic carbocycles. The van der Waals surface area contributed by atoms with E-state index in [2.05, 4.69) is 16.9 Å². The van der Waals surface area contributed by atoms with E-state index in [1.165, 1.54) is 6.20 Å². The summed E-state index contributed by atoms with van der Waals surface area (Å²) in [5.41, 5.74) is 1.68. The van der Waals surface area contributed by atoms with Gasteiger partial charge >= 0.3 is 5.97 Å². The minimum absolute atomic E-state index is 0.00411. The Morgan fingerprint density at radius 3 is 2.91 bits per heavy atom.